The molecule has 0 saturated carbocycles. The van der Waals surface area contributed by atoms with Crippen LogP contribution in [0.4, 0.5) is 0 Å². The maximum atomic E-state index is 10.1. The van der Waals surface area contributed by atoms with Gasteiger partial charge in [-0.05, 0) is 0 Å². The van der Waals surface area contributed by atoms with E-state index in [2.05, 4.69) is 9.47 Å². The summed E-state index contributed by atoms with van der Waals surface area (Å²) in [4.78, 5) is 21.2. The van der Waals surface area contributed by atoms with E-state index in [0.717, 1.165) is 0 Å². The molecule has 0 spiro atoms. The molecule has 0 aromatic carbocycles. The van der Waals surface area contributed by atoms with E-state index in [1.165, 1.54) is 25.9 Å². The maximum Gasteiger partial charge on any atom is 0.302 e. The molecule has 86 valence electrons. The molecule has 0 aliphatic carbocycles. The molecule has 1 amide bonds. The van der Waals surface area contributed by atoms with E-state index < -0.39 is 0 Å². The zero-order valence-electron chi connectivity index (χ0n) is 10.1. The summed E-state index contributed by atoms with van der Waals surface area (Å²) in [6, 6.07) is 0. The van der Waals surface area contributed by atoms with Gasteiger partial charge >= 0.3 is 5.97 Å². The molecule has 0 radical (unpaired) electrons. The summed E-state index contributed by atoms with van der Waals surface area (Å²) >= 11 is 0. The highest BCUT2D eigenvalue weighted by Crippen LogP contribution is 1.69. The lowest BCUT2D eigenvalue weighted by molar-refractivity contribution is -0.138. The Kier molecular flexibility index (Phi) is 19.2. The van der Waals surface area contributed by atoms with Gasteiger partial charge in [-0.1, -0.05) is 0 Å². The van der Waals surface area contributed by atoms with Crippen LogP contribution in [0.3, 0.4) is 0 Å². The zero-order chi connectivity index (χ0) is 12.1. The van der Waals surface area contributed by atoms with Gasteiger partial charge in [0.1, 0.15) is 0 Å². The number of nitrogens with zero attached hydrogens (tertiary/aromatic N) is 1. The number of amides is 1. The van der Waals surface area contributed by atoms with Gasteiger partial charge in [-0.25, -0.2) is 0 Å². The van der Waals surface area contributed by atoms with E-state index in [4.69, 9.17) is 0 Å². The summed E-state index contributed by atoms with van der Waals surface area (Å²) in [7, 11) is 8.05. The van der Waals surface area contributed by atoms with E-state index in [1.54, 1.807) is 28.3 Å². The highest BCUT2D eigenvalue weighted by Gasteiger charge is 1.87. The van der Waals surface area contributed by atoms with Crippen LogP contribution in [-0.2, 0) is 19.1 Å². The van der Waals surface area contributed by atoms with Crippen LogP contribution in [0.25, 0.3) is 0 Å². The number of esters is 1. The molecule has 0 saturated heterocycles. The Hall–Kier alpha value is -1.10. The first-order chi connectivity index (χ1) is 6.33. The molecule has 0 atom stereocenters. The third-order valence-corrected chi connectivity index (χ3v) is 0.917. The molecule has 0 bridgehead atoms. The summed E-state index contributed by atoms with van der Waals surface area (Å²) < 4.78 is 8.36. The third-order valence-electron chi connectivity index (χ3n) is 0.917. The number of hydrogen-bond donors (Lipinski definition) is 0. The Morgan fingerprint density at radius 2 is 1.14 bits per heavy atom. The minimum atomic E-state index is -0.245. The lowest BCUT2D eigenvalue weighted by Gasteiger charge is -2.02. The number of carbonyl (C=O) groups excluding carboxylic acids is 2. The van der Waals surface area contributed by atoms with Crippen LogP contribution in [0, 0.1) is 0 Å². The largest absolute Gasteiger partial charge is 0.469 e. The Balaban J connectivity index is -0.000000138. The lowest BCUT2D eigenvalue weighted by atomic mass is 10.7. The molecule has 5 heteroatoms. The molecule has 0 N–H and O–H groups in total. The van der Waals surface area contributed by atoms with Crippen molar-refractivity contribution in [3.63, 3.8) is 0 Å². The molecule has 0 unspecified atom stereocenters. The van der Waals surface area contributed by atoms with Crippen LogP contribution in [0.15, 0.2) is 0 Å². The van der Waals surface area contributed by atoms with E-state index >= 15 is 0 Å². The second kappa shape index (κ2) is 14.4. The van der Waals surface area contributed by atoms with Crippen LogP contribution < -0.4 is 0 Å². The van der Waals surface area contributed by atoms with E-state index in [1.807, 2.05) is 0 Å². The standard InChI is InChI=1S/C4H9NO.C3H6O2.C2H6O/c1-4(6)5(2)3;1-3(4)5-2;1-3-2/h1-3H3;1-2H3;1-2H3. The molecule has 5 nitrogen and oxygen atoms in total. The van der Waals surface area contributed by atoms with Crippen LogP contribution >= 0.6 is 0 Å². The van der Waals surface area contributed by atoms with Gasteiger partial charge < -0.3 is 14.4 Å². The minimum absolute atomic E-state index is 0.0926. The van der Waals surface area contributed by atoms with Gasteiger partial charge in [-0.15, -0.1) is 0 Å². The van der Waals surface area contributed by atoms with Crippen molar-refractivity contribution in [2.45, 2.75) is 13.8 Å². The molecule has 0 aromatic rings. The Morgan fingerprint density at radius 3 is 1.14 bits per heavy atom. The molecular weight excluding hydrogens is 186 g/mol. The van der Waals surface area contributed by atoms with Crippen LogP contribution in [-0.4, -0.2) is 52.2 Å². The fourth-order valence-electron chi connectivity index (χ4n) is 0. The second-order valence-corrected chi connectivity index (χ2v) is 2.52. The average Bonchev–Trinajstić information content (AvgIpc) is 2.06. The van der Waals surface area contributed by atoms with Crippen molar-refractivity contribution in [1.82, 2.24) is 4.90 Å². The molecule has 0 rings (SSSR count). The van der Waals surface area contributed by atoms with Crippen molar-refractivity contribution in [2.75, 3.05) is 35.4 Å². The quantitative estimate of drug-likeness (QED) is 0.544. The molecule has 0 aliphatic rings. The van der Waals surface area contributed by atoms with Gasteiger partial charge in [0, 0.05) is 42.2 Å². The highest BCUT2D eigenvalue weighted by atomic mass is 16.5. The van der Waals surface area contributed by atoms with Gasteiger partial charge in [0.15, 0.2) is 0 Å². The Morgan fingerprint density at radius 1 is 1.00 bits per heavy atom. The van der Waals surface area contributed by atoms with Crippen molar-refractivity contribution in [1.29, 1.82) is 0 Å². The number of hydrogen-bond acceptors (Lipinski definition) is 4. The van der Waals surface area contributed by atoms with Crippen molar-refractivity contribution in [3.05, 3.63) is 0 Å². The van der Waals surface area contributed by atoms with Crippen molar-refractivity contribution in [2.24, 2.45) is 0 Å². The topological polar surface area (TPSA) is 55.8 Å². The summed E-state index contributed by atoms with van der Waals surface area (Å²) in [5.74, 6) is -0.153. The molecule has 0 fully saturated rings. The second-order valence-electron chi connectivity index (χ2n) is 2.52. The van der Waals surface area contributed by atoms with Crippen molar-refractivity contribution < 1.29 is 19.1 Å². The predicted molar refractivity (Wildman–Crippen MR) is 55.0 cm³/mol. The first-order valence-corrected chi connectivity index (χ1v) is 3.96. The number of rotatable bonds is 0. The molecule has 0 aromatic heterocycles. The zero-order valence-corrected chi connectivity index (χ0v) is 10.1. The Labute approximate surface area is 86.0 Å². The first kappa shape index (κ1) is 18.6. The van der Waals surface area contributed by atoms with E-state index in [9.17, 15) is 9.59 Å². The molecular formula is C9H21NO4. The molecule has 14 heavy (non-hydrogen) atoms. The monoisotopic (exact) mass is 207 g/mol. The van der Waals surface area contributed by atoms with Gasteiger partial charge in [-0.3, -0.25) is 9.59 Å². The fourth-order valence-corrected chi connectivity index (χ4v) is 0. The molecule has 0 heterocycles. The van der Waals surface area contributed by atoms with Crippen LogP contribution in [0.2, 0.25) is 0 Å². The van der Waals surface area contributed by atoms with Crippen molar-refractivity contribution >= 4 is 11.9 Å². The minimum Gasteiger partial charge on any atom is -0.469 e. The maximum absolute atomic E-state index is 10.1. The summed E-state index contributed by atoms with van der Waals surface area (Å²) in [5.41, 5.74) is 0. The number of carbonyl (C=O) groups is 2. The highest BCUT2D eigenvalue weighted by molar-refractivity contribution is 5.72. The summed E-state index contributed by atoms with van der Waals surface area (Å²) in [6.07, 6.45) is 0. The first-order valence-electron chi connectivity index (χ1n) is 3.96. The summed E-state index contributed by atoms with van der Waals surface area (Å²) in [5, 5.41) is 0. The average molecular weight is 207 g/mol. The SMILES string of the molecule is CC(=O)N(C)C.COC.COC(C)=O. The van der Waals surface area contributed by atoms with E-state index in [-0.39, 0.29) is 11.9 Å². The third kappa shape index (κ3) is 44.5. The number of ether oxygens (including phenoxy) is 2. The normalized spacial score (nSPS) is 7.07. The van der Waals surface area contributed by atoms with Gasteiger partial charge in [0.25, 0.3) is 0 Å². The fraction of sp³-hybridized carbons (Fsp3) is 0.778. The Bertz CT molecular complexity index is 146. The van der Waals surface area contributed by atoms with Crippen LogP contribution in [0.1, 0.15) is 13.8 Å². The lowest BCUT2D eigenvalue weighted by Crippen LogP contribution is -2.17. The van der Waals surface area contributed by atoms with Crippen molar-refractivity contribution in [3.8, 4) is 0 Å². The smallest absolute Gasteiger partial charge is 0.302 e. The molecule has 0 aliphatic heterocycles. The van der Waals surface area contributed by atoms with E-state index in [0.29, 0.717) is 0 Å². The van der Waals surface area contributed by atoms with Gasteiger partial charge in [0.05, 0.1) is 7.11 Å². The summed E-state index contributed by atoms with van der Waals surface area (Å²) in [6.45, 7) is 2.89. The number of methoxy groups -OCH3 is 2. The van der Waals surface area contributed by atoms with Crippen LogP contribution in [0.5, 0.6) is 0 Å². The predicted octanol–water partition coefficient (Wildman–Crippen LogP) is 0.536. The van der Waals surface area contributed by atoms with Gasteiger partial charge in [0.2, 0.25) is 5.91 Å². The van der Waals surface area contributed by atoms with Gasteiger partial charge in [-0.2, -0.15) is 0 Å².